The van der Waals surface area contributed by atoms with Gasteiger partial charge in [-0.25, -0.2) is 0 Å². The fourth-order valence-electron chi connectivity index (χ4n) is 2.02. The summed E-state index contributed by atoms with van der Waals surface area (Å²) in [5, 5.41) is 4.09. The number of hydrogen-bond donors (Lipinski definition) is 1. The maximum atomic E-state index is 5.99. The Kier molecular flexibility index (Phi) is 3.87. The Labute approximate surface area is 107 Å². The smallest absolute Gasteiger partial charge is 0.105 e. The Hall–Kier alpha value is -1.25. The molecule has 0 aliphatic carbocycles. The van der Waals surface area contributed by atoms with E-state index in [1.54, 1.807) is 6.26 Å². The van der Waals surface area contributed by atoms with Crippen molar-refractivity contribution in [2.45, 2.75) is 19.4 Å². The van der Waals surface area contributed by atoms with Crippen LogP contribution in [0.15, 0.2) is 41.0 Å². The van der Waals surface area contributed by atoms with Gasteiger partial charge in [-0.15, -0.1) is 0 Å². The van der Waals surface area contributed by atoms with E-state index in [9.17, 15) is 0 Å². The molecule has 1 unspecified atom stereocenters. The maximum absolute atomic E-state index is 5.99. The summed E-state index contributed by atoms with van der Waals surface area (Å²) >= 11 is 5.99. The molecule has 1 heterocycles. The van der Waals surface area contributed by atoms with Crippen LogP contribution in [0.3, 0.4) is 0 Å². The predicted molar refractivity (Wildman–Crippen MR) is 70.4 cm³/mol. The molecule has 0 spiro atoms. The zero-order valence-electron chi connectivity index (χ0n) is 10.0. The van der Waals surface area contributed by atoms with E-state index >= 15 is 0 Å². The molecule has 2 aromatic rings. The Morgan fingerprint density at radius 2 is 2.18 bits per heavy atom. The summed E-state index contributed by atoms with van der Waals surface area (Å²) in [5.74, 6) is 0.964. The highest BCUT2D eigenvalue weighted by Gasteiger charge is 2.14. The van der Waals surface area contributed by atoms with Crippen molar-refractivity contribution in [1.29, 1.82) is 0 Å². The van der Waals surface area contributed by atoms with Crippen LogP contribution in [0.4, 0.5) is 0 Å². The average molecular weight is 250 g/mol. The van der Waals surface area contributed by atoms with Gasteiger partial charge in [0.15, 0.2) is 0 Å². The molecule has 0 aliphatic heterocycles. The Morgan fingerprint density at radius 1 is 1.35 bits per heavy atom. The van der Waals surface area contributed by atoms with E-state index in [4.69, 9.17) is 16.0 Å². The third-order valence-electron chi connectivity index (χ3n) is 2.95. The molecule has 1 aromatic carbocycles. The molecule has 90 valence electrons. The van der Waals surface area contributed by atoms with Crippen LogP contribution in [0, 0.1) is 6.92 Å². The summed E-state index contributed by atoms with van der Waals surface area (Å²) < 4.78 is 5.34. The Bertz CT molecular complexity index is 492. The molecule has 1 N–H and O–H groups in total. The van der Waals surface area contributed by atoms with Crippen molar-refractivity contribution in [2.75, 3.05) is 7.05 Å². The second-order valence-corrected chi connectivity index (χ2v) is 4.54. The van der Waals surface area contributed by atoms with Gasteiger partial charge in [0, 0.05) is 16.6 Å². The molecule has 0 saturated carbocycles. The van der Waals surface area contributed by atoms with Crippen molar-refractivity contribution in [3.8, 4) is 0 Å². The Morgan fingerprint density at radius 3 is 2.76 bits per heavy atom. The first kappa shape index (κ1) is 12.2. The van der Waals surface area contributed by atoms with Gasteiger partial charge in [0.2, 0.25) is 0 Å². The standard InChI is InChI=1S/C14H16ClNO/c1-10-13(6-7-17-10)14(16-2)9-11-4-3-5-12(15)8-11/h3-8,14,16H,9H2,1-2H3. The largest absolute Gasteiger partial charge is 0.469 e. The molecule has 2 nitrogen and oxygen atoms in total. The number of rotatable bonds is 4. The molecule has 0 bridgehead atoms. The van der Waals surface area contributed by atoms with Gasteiger partial charge in [-0.05, 0) is 44.2 Å². The highest BCUT2D eigenvalue weighted by atomic mass is 35.5. The second-order valence-electron chi connectivity index (χ2n) is 4.11. The quantitative estimate of drug-likeness (QED) is 0.893. The van der Waals surface area contributed by atoms with Crippen molar-refractivity contribution >= 4 is 11.6 Å². The minimum Gasteiger partial charge on any atom is -0.469 e. The fraction of sp³-hybridized carbons (Fsp3) is 0.286. The number of nitrogens with one attached hydrogen (secondary N) is 1. The van der Waals surface area contributed by atoms with E-state index in [1.165, 1.54) is 11.1 Å². The number of benzene rings is 1. The van der Waals surface area contributed by atoms with Gasteiger partial charge in [0.05, 0.1) is 6.26 Å². The van der Waals surface area contributed by atoms with E-state index in [1.807, 2.05) is 38.2 Å². The zero-order chi connectivity index (χ0) is 12.3. The van der Waals surface area contributed by atoms with Crippen LogP contribution in [-0.2, 0) is 6.42 Å². The van der Waals surface area contributed by atoms with Crippen LogP contribution in [-0.4, -0.2) is 7.05 Å². The number of hydrogen-bond acceptors (Lipinski definition) is 2. The van der Waals surface area contributed by atoms with Gasteiger partial charge < -0.3 is 9.73 Å². The lowest BCUT2D eigenvalue weighted by Gasteiger charge is -2.15. The highest BCUT2D eigenvalue weighted by Crippen LogP contribution is 2.23. The minimum atomic E-state index is 0.257. The molecule has 0 radical (unpaired) electrons. The first-order valence-corrected chi connectivity index (χ1v) is 6.04. The summed E-state index contributed by atoms with van der Waals surface area (Å²) in [5.41, 5.74) is 2.42. The minimum absolute atomic E-state index is 0.257. The van der Waals surface area contributed by atoms with Crippen molar-refractivity contribution in [3.63, 3.8) is 0 Å². The van der Waals surface area contributed by atoms with Gasteiger partial charge in [-0.1, -0.05) is 23.7 Å². The van der Waals surface area contributed by atoms with Crippen LogP contribution in [0.5, 0.6) is 0 Å². The van der Waals surface area contributed by atoms with Gasteiger partial charge in [-0.2, -0.15) is 0 Å². The van der Waals surface area contributed by atoms with Crippen LogP contribution < -0.4 is 5.32 Å². The number of likely N-dealkylation sites (N-methyl/N-ethyl adjacent to an activating group) is 1. The van der Waals surface area contributed by atoms with Gasteiger partial charge >= 0.3 is 0 Å². The highest BCUT2D eigenvalue weighted by molar-refractivity contribution is 6.30. The lowest BCUT2D eigenvalue weighted by atomic mass is 9.99. The second kappa shape index (κ2) is 5.39. The average Bonchev–Trinajstić information content (AvgIpc) is 2.72. The molecular weight excluding hydrogens is 234 g/mol. The summed E-state index contributed by atoms with van der Waals surface area (Å²) in [7, 11) is 1.96. The van der Waals surface area contributed by atoms with E-state index in [-0.39, 0.29) is 6.04 Å². The first-order chi connectivity index (χ1) is 8.20. The third kappa shape index (κ3) is 2.90. The van der Waals surface area contributed by atoms with Crippen molar-refractivity contribution in [1.82, 2.24) is 5.32 Å². The predicted octanol–water partition coefficient (Wildman–Crippen LogP) is 3.74. The normalized spacial score (nSPS) is 12.6. The fourth-order valence-corrected chi connectivity index (χ4v) is 2.24. The molecule has 17 heavy (non-hydrogen) atoms. The molecule has 0 amide bonds. The molecule has 0 fully saturated rings. The lowest BCUT2D eigenvalue weighted by molar-refractivity contribution is 0.512. The number of furan rings is 1. The van der Waals surface area contributed by atoms with Crippen LogP contribution >= 0.6 is 11.6 Å². The van der Waals surface area contributed by atoms with Gasteiger partial charge in [-0.3, -0.25) is 0 Å². The molecular formula is C14H16ClNO. The molecule has 1 atom stereocenters. The zero-order valence-corrected chi connectivity index (χ0v) is 10.8. The molecule has 2 rings (SSSR count). The summed E-state index contributed by atoms with van der Waals surface area (Å²) in [4.78, 5) is 0. The van der Waals surface area contributed by atoms with Crippen LogP contribution in [0.25, 0.3) is 0 Å². The molecule has 0 saturated heterocycles. The third-order valence-corrected chi connectivity index (χ3v) is 3.19. The van der Waals surface area contributed by atoms with Crippen molar-refractivity contribution in [2.24, 2.45) is 0 Å². The number of halogens is 1. The van der Waals surface area contributed by atoms with Crippen molar-refractivity contribution < 1.29 is 4.42 Å². The summed E-state index contributed by atoms with van der Waals surface area (Å²) in [6.07, 6.45) is 2.63. The van der Waals surface area contributed by atoms with Crippen LogP contribution in [0.1, 0.15) is 22.9 Å². The monoisotopic (exact) mass is 249 g/mol. The Balaban J connectivity index is 2.19. The van der Waals surface area contributed by atoms with E-state index in [2.05, 4.69) is 11.4 Å². The summed E-state index contributed by atoms with van der Waals surface area (Å²) in [6.45, 7) is 1.98. The SMILES string of the molecule is CNC(Cc1cccc(Cl)c1)c1ccoc1C. The maximum Gasteiger partial charge on any atom is 0.105 e. The van der Waals surface area contributed by atoms with E-state index in [0.29, 0.717) is 0 Å². The molecule has 0 aliphatic rings. The van der Waals surface area contributed by atoms with Crippen LogP contribution in [0.2, 0.25) is 5.02 Å². The van der Waals surface area contributed by atoms with Gasteiger partial charge in [0.1, 0.15) is 5.76 Å². The van der Waals surface area contributed by atoms with Gasteiger partial charge in [0.25, 0.3) is 0 Å². The lowest BCUT2D eigenvalue weighted by Crippen LogP contribution is -2.19. The van der Waals surface area contributed by atoms with E-state index in [0.717, 1.165) is 17.2 Å². The van der Waals surface area contributed by atoms with E-state index < -0.39 is 0 Å². The topological polar surface area (TPSA) is 25.2 Å². The first-order valence-electron chi connectivity index (χ1n) is 5.66. The van der Waals surface area contributed by atoms with Crippen molar-refractivity contribution in [3.05, 3.63) is 58.5 Å². The molecule has 1 aromatic heterocycles. The summed E-state index contributed by atoms with van der Waals surface area (Å²) in [6, 6.07) is 10.2. The number of aryl methyl sites for hydroxylation is 1. The molecule has 3 heteroatoms.